The van der Waals surface area contributed by atoms with Gasteiger partial charge >= 0.3 is 5.97 Å². The molecular weight excluding hydrogens is 220 g/mol. The van der Waals surface area contributed by atoms with Gasteiger partial charge in [-0.3, -0.25) is 4.79 Å². The van der Waals surface area contributed by atoms with Crippen LogP contribution >= 0.6 is 0 Å². The van der Waals surface area contributed by atoms with Crippen LogP contribution in [-0.4, -0.2) is 73.9 Å². The van der Waals surface area contributed by atoms with Gasteiger partial charge in [-0.15, -0.1) is 0 Å². The van der Waals surface area contributed by atoms with Gasteiger partial charge in [0.05, 0.1) is 13.5 Å². The first-order chi connectivity index (χ1) is 8.15. The number of ether oxygens (including phenoxy) is 1. The van der Waals surface area contributed by atoms with Crippen molar-refractivity contribution in [2.45, 2.75) is 13.3 Å². The summed E-state index contributed by atoms with van der Waals surface area (Å²) in [5, 5.41) is 9.00. The number of nitrogens with zero attached hydrogens (tertiary/aromatic N) is 2. The topological polar surface area (TPSA) is 53.0 Å². The molecule has 0 bridgehead atoms. The second-order valence-electron chi connectivity index (χ2n) is 4.76. The van der Waals surface area contributed by atoms with Crippen LogP contribution in [0.2, 0.25) is 0 Å². The number of piperazine rings is 1. The Hall–Kier alpha value is -0.650. The van der Waals surface area contributed by atoms with Gasteiger partial charge in [-0.1, -0.05) is 6.92 Å². The highest BCUT2D eigenvalue weighted by Gasteiger charge is 2.18. The van der Waals surface area contributed by atoms with Crippen molar-refractivity contribution >= 4 is 5.97 Å². The van der Waals surface area contributed by atoms with Crippen molar-refractivity contribution < 1.29 is 14.6 Å². The van der Waals surface area contributed by atoms with E-state index in [1.165, 1.54) is 7.11 Å². The molecule has 5 heteroatoms. The van der Waals surface area contributed by atoms with E-state index in [1.54, 1.807) is 0 Å². The second kappa shape index (κ2) is 7.63. The quantitative estimate of drug-likeness (QED) is 0.656. The number of carbonyl (C=O) groups excluding carboxylic acids is 1. The van der Waals surface area contributed by atoms with Gasteiger partial charge in [0, 0.05) is 45.9 Å². The van der Waals surface area contributed by atoms with Crippen LogP contribution in [0.5, 0.6) is 0 Å². The molecule has 1 unspecified atom stereocenters. The smallest absolute Gasteiger partial charge is 0.306 e. The monoisotopic (exact) mass is 244 g/mol. The number of methoxy groups -OCH3 is 1. The molecule has 1 atom stereocenters. The highest BCUT2D eigenvalue weighted by atomic mass is 16.5. The fourth-order valence-electron chi connectivity index (χ4n) is 2.05. The van der Waals surface area contributed by atoms with E-state index in [0.717, 1.165) is 39.3 Å². The molecule has 0 aliphatic carbocycles. The van der Waals surface area contributed by atoms with E-state index in [-0.39, 0.29) is 12.6 Å². The van der Waals surface area contributed by atoms with Gasteiger partial charge in [-0.2, -0.15) is 0 Å². The highest BCUT2D eigenvalue weighted by Crippen LogP contribution is 2.06. The lowest BCUT2D eigenvalue weighted by molar-refractivity contribution is -0.141. The van der Waals surface area contributed by atoms with Gasteiger partial charge in [0.15, 0.2) is 0 Å². The lowest BCUT2D eigenvalue weighted by Crippen LogP contribution is -2.48. The number of aliphatic hydroxyl groups excluding tert-OH is 1. The summed E-state index contributed by atoms with van der Waals surface area (Å²) in [6.45, 7) is 8.09. The molecule has 100 valence electrons. The number of rotatable bonds is 6. The molecule has 1 aliphatic rings. The highest BCUT2D eigenvalue weighted by molar-refractivity contribution is 5.69. The molecule has 17 heavy (non-hydrogen) atoms. The van der Waals surface area contributed by atoms with E-state index >= 15 is 0 Å². The van der Waals surface area contributed by atoms with Crippen LogP contribution in [0.3, 0.4) is 0 Å². The molecule has 0 amide bonds. The van der Waals surface area contributed by atoms with Crippen LogP contribution < -0.4 is 0 Å². The average molecular weight is 244 g/mol. The Morgan fingerprint density at radius 3 is 2.41 bits per heavy atom. The maximum Gasteiger partial charge on any atom is 0.306 e. The normalized spacial score (nSPS) is 20.2. The third kappa shape index (κ3) is 5.48. The standard InChI is InChI=1S/C12H24N2O3/c1-11(10-15)9-14-7-5-13(6-8-14)4-3-12(16)17-2/h11,15H,3-10H2,1-2H3. The zero-order valence-electron chi connectivity index (χ0n) is 10.9. The van der Waals surface area contributed by atoms with Crippen molar-refractivity contribution in [1.82, 2.24) is 9.80 Å². The van der Waals surface area contributed by atoms with Crippen LogP contribution in [0.15, 0.2) is 0 Å². The Kier molecular flexibility index (Phi) is 6.47. The molecule has 0 radical (unpaired) electrons. The molecule has 0 saturated carbocycles. The maximum absolute atomic E-state index is 11.0. The lowest BCUT2D eigenvalue weighted by atomic mass is 10.1. The Balaban J connectivity index is 2.15. The van der Waals surface area contributed by atoms with Gasteiger partial charge in [0.1, 0.15) is 0 Å². The molecule has 0 aromatic rings. The summed E-state index contributed by atoms with van der Waals surface area (Å²) in [6, 6.07) is 0. The first-order valence-electron chi connectivity index (χ1n) is 6.28. The minimum absolute atomic E-state index is 0.138. The summed E-state index contributed by atoms with van der Waals surface area (Å²) in [7, 11) is 1.43. The van der Waals surface area contributed by atoms with Crippen molar-refractivity contribution in [3.05, 3.63) is 0 Å². The van der Waals surface area contributed by atoms with Crippen LogP contribution in [0.4, 0.5) is 0 Å². The summed E-state index contributed by atoms with van der Waals surface area (Å²) in [6.07, 6.45) is 0.476. The van der Waals surface area contributed by atoms with Crippen molar-refractivity contribution in [1.29, 1.82) is 0 Å². The minimum atomic E-state index is -0.138. The predicted molar refractivity (Wildman–Crippen MR) is 65.8 cm³/mol. The van der Waals surface area contributed by atoms with Gasteiger partial charge < -0.3 is 19.6 Å². The van der Waals surface area contributed by atoms with Crippen molar-refractivity contribution in [3.63, 3.8) is 0 Å². The molecule has 1 aliphatic heterocycles. The van der Waals surface area contributed by atoms with Gasteiger partial charge in [-0.05, 0) is 5.92 Å². The molecule has 1 N–H and O–H groups in total. The molecular formula is C12H24N2O3. The zero-order valence-corrected chi connectivity index (χ0v) is 10.9. The Morgan fingerprint density at radius 1 is 1.29 bits per heavy atom. The molecule has 0 aromatic heterocycles. The molecule has 1 rings (SSSR count). The third-order valence-corrected chi connectivity index (χ3v) is 3.21. The van der Waals surface area contributed by atoms with Crippen molar-refractivity contribution in [2.24, 2.45) is 5.92 Å². The summed E-state index contributed by atoms with van der Waals surface area (Å²) < 4.78 is 4.63. The van der Waals surface area contributed by atoms with Gasteiger partial charge in [0.2, 0.25) is 0 Å². The second-order valence-corrected chi connectivity index (χ2v) is 4.76. The van der Waals surface area contributed by atoms with E-state index < -0.39 is 0 Å². The van der Waals surface area contributed by atoms with E-state index in [4.69, 9.17) is 5.11 Å². The molecule has 0 spiro atoms. The molecule has 5 nitrogen and oxygen atoms in total. The minimum Gasteiger partial charge on any atom is -0.469 e. The fraction of sp³-hybridized carbons (Fsp3) is 0.917. The summed E-state index contributed by atoms with van der Waals surface area (Å²) in [4.78, 5) is 15.7. The molecule has 1 fully saturated rings. The molecule has 1 saturated heterocycles. The third-order valence-electron chi connectivity index (χ3n) is 3.21. The Labute approximate surface area is 103 Å². The average Bonchev–Trinajstić information content (AvgIpc) is 2.37. The number of hydrogen-bond acceptors (Lipinski definition) is 5. The summed E-state index contributed by atoms with van der Waals surface area (Å²) >= 11 is 0. The van der Waals surface area contributed by atoms with E-state index in [9.17, 15) is 4.79 Å². The van der Waals surface area contributed by atoms with Crippen LogP contribution in [-0.2, 0) is 9.53 Å². The molecule has 1 heterocycles. The van der Waals surface area contributed by atoms with Crippen LogP contribution in [0.1, 0.15) is 13.3 Å². The summed E-state index contributed by atoms with van der Waals surface area (Å²) in [5.41, 5.74) is 0. The fourth-order valence-corrected chi connectivity index (χ4v) is 2.05. The van der Waals surface area contributed by atoms with Crippen molar-refractivity contribution in [3.8, 4) is 0 Å². The number of aliphatic hydroxyl groups is 1. The zero-order chi connectivity index (χ0) is 12.7. The van der Waals surface area contributed by atoms with Gasteiger partial charge in [-0.25, -0.2) is 0 Å². The molecule has 0 aromatic carbocycles. The predicted octanol–water partition coefficient (Wildman–Crippen LogP) is -0.204. The van der Waals surface area contributed by atoms with E-state index in [2.05, 4.69) is 21.5 Å². The largest absolute Gasteiger partial charge is 0.469 e. The Morgan fingerprint density at radius 2 is 1.88 bits per heavy atom. The van der Waals surface area contributed by atoms with Gasteiger partial charge in [0.25, 0.3) is 0 Å². The van der Waals surface area contributed by atoms with Crippen LogP contribution in [0.25, 0.3) is 0 Å². The maximum atomic E-state index is 11.0. The number of carbonyl (C=O) groups is 1. The van der Waals surface area contributed by atoms with Crippen LogP contribution in [0, 0.1) is 5.92 Å². The first-order valence-corrected chi connectivity index (χ1v) is 6.28. The summed E-state index contributed by atoms with van der Waals surface area (Å²) in [5.74, 6) is 0.206. The lowest BCUT2D eigenvalue weighted by Gasteiger charge is -2.35. The Bertz CT molecular complexity index is 228. The number of hydrogen-bond donors (Lipinski definition) is 1. The van der Waals surface area contributed by atoms with E-state index in [1.807, 2.05) is 0 Å². The first kappa shape index (κ1) is 14.4. The van der Waals surface area contributed by atoms with E-state index in [0.29, 0.717) is 12.3 Å². The van der Waals surface area contributed by atoms with Crippen molar-refractivity contribution in [2.75, 3.05) is 53.0 Å². The number of esters is 1. The SMILES string of the molecule is COC(=O)CCN1CCN(CC(C)CO)CC1.